The lowest BCUT2D eigenvalue weighted by Crippen LogP contribution is -2.33. The van der Waals surface area contributed by atoms with E-state index >= 15 is 0 Å². The van der Waals surface area contributed by atoms with E-state index in [1.165, 1.54) is 20.1 Å². The lowest BCUT2D eigenvalue weighted by atomic mass is 10.1. The van der Waals surface area contributed by atoms with Gasteiger partial charge in [0.05, 0.1) is 54.5 Å². The Bertz CT molecular complexity index is 2730. The van der Waals surface area contributed by atoms with E-state index in [-0.39, 0.29) is 47.1 Å². The minimum atomic E-state index is -5.87. The van der Waals surface area contributed by atoms with Crippen LogP contribution in [-0.2, 0) is 52.9 Å². The summed E-state index contributed by atoms with van der Waals surface area (Å²) in [4.78, 5) is 77.5. The van der Waals surface area contributed by atoms with Gasteiger partial charge in [0.25, 0.3) is 11.2 Å². The number of unbranched alkanes of at least 4 members (excludes halogenated alkanes) is 2. The van der Waals surface area contributed by atoms with Crippen LogP contribution < -0.4 is 30.3 Å². The molecule has 29 heteroatoms. The van der Waals surface area contributed by atoms with Gasteiger partial charge in [-0.1, -0.05) is 24.3 Å². The first-order valence-corrected chi connectivity index (χ1v) is 24.9. The van der Waals surface area contributed by atoms with Crippen molar-refractivity contribution in [2.24, 2.45) is 0 Å². The minimum absolute atomic E-state index is 0.0117. The van der Waals surface area contributed by atoms with Crippen LogP contribution in [0, 0.1) is 17.0 Å². The highest BCUT2D eigenvalue weighted by molar-refractivity contribution is 7.89. The van der Waals surface area contributed by atoms with E-state index in [0.29, 0.717) is 24.6 Å². The van der Waals surface area contributed by atoms with E-state index in [4.69, 9.17) is 33.3 Å². The van der Waals surface area contributed by atoms with Crippen molar-refractivity contribution < 1.29 is 78.7 Å². The molecule has 1 aliphatic heterocycles. The van der Waals surface area contributed by atoms with Gasteiger partial charge in [-0.15, -0.1) is 0 Å². The summed E-state index contributed by atoms with van der Waals surface area (Å²) in [5, 5.41) is 13.6. The lowest BCUT2D eigenvalue weighted by molar-refractivity contribution is -0.386. The molecule has 3 aromatic carbocycles. The summed E-state index contributed by atoms with van der Waals surface area (Å²) in [6, 6.07) is 12.9. The molecule has 2 heterocycles. The molecule has 0 saturated carbocycles. The van der Waals surface area contributed by atoms with Gasteiger partial charge in [-0.3, -0.25) is 29.0 Å². The van der Waals surface area contributed by atoms with E-state index in [2.05, 4.69) is 18.3 Å². The van der Waals surface area contributed by atoms with Gasteiger partial charge >= 0.3 is 29.2 Å². The summed E-state index contributed by atoms with van der Waals surface area (Å²) in [7, 11) is -16.0. The number of anilines is 1. The number of nitrogens with one attached hydrogen (secondary N) is 2. The van der Waals surface area contributed by atoms with Gasteiger partial charge in [0.15, 0.2) is 11.5 Å². The monoisotopic (exact) mass is 981 g/mol. The Morgan fingerprint density at radius 3 is 2.36 bits per heavy atom. The average Bonchev–Trinajstić information content (AvgIpc) is 3.60. The number of nitro groups is 1. The molecule has 25 nitrogen and oxygen atoms in total. The fourth-order valence-corrected chi connectivity index (χ4v) is 10.9. The quantitative estimate of drug-likeness (QED) is 0.0267. The van der Waals surface area contributed by atoms with E-state index in [1.54, 1.807) is 24.3 Å². The zero-order valence-electron chi connectivity index (χ0n) is 34.5. The molecule has 6 N–H and O–H groups in total. The zero-order valence-corrected chi connectivity index (χ0v) is 38.0. The molecule has 0 aliphatic carbocycles. The molecule has 4 aromatic rings. The molecular weight excluding hydrogens is 935 g/mol. The van der Waals surface area contributed by atoms with Crippen LogP contribution in [0.15, 0.2) is 69.2 Å². The van der Waals surface area contributed by atoms with Crippen LogP contribution in [0.5, 0.6) is 11.5 Å². The van der Waals surface area contributed by atoms with Crippen LogP contribution in [0.3, 0.4) is 0 Å². The Morgan fingerprint density at radius 1 is 0.984 bits per heavy atom. The normalized spacial score (nSPS) is 18.7. The summed E-state index contributed by atoms with van der Waals surface area (Å²) < 4.78 is 101. The first kappa shape index (κ1) is 50.6. The van der Waals surface area contributed by atoms with Crippen molar-refractivity contribution in [3.8, 4) is 11.5 Å². The smallest absolute Gasteiger partial charge is 0.490 e. The lowest BCUT2D eigenvalue weighted by Gasteiger charge is -2.21. The number of sulfonamides is 1. The molecule has 5 rings (SSSR count). The van der Waals surface area contributed by atoms with Crippen molar-refractivity contribution >= 4 is 55.6 Å². The SMILES string of the molecule is COc1cc(CO[C@H]2C[C@H](n3cc(C)c(=O)[nH]c3=O)O[C@@H]2COP(=O)(O)OP(=O)(O)OP(=O)(O)O)c([N+](=O)[O-])cc1OCCCCCNS(=O)(=O)c1cccc2c(N(C)C)cccc12. The maximum atomic E-state index is 13.2. The number of benzene rings is 3. The minimum Gasteiger partial charge on any atom is -0.493 e. The summed E-state index contributed by atoms with van der Waals surface area (Å²) in [5.74, 6) is 0.0853. The van der Waals surface area contributed by atoms with E-state index in [0.717, 1.165) is 27.9 Å². The zero-order chi connectivity index (χ0) is 47.2. The van der Waals surface area contributed by atoms with Crippen LogP contribution in [0.2, 0.25) is 0 Å². The molecule has 1 fully saturated rings. The van der Waals surface area contributed by atoms with Crippen molar-refractivity contribution in [1.29, 1.82) is 0 Å². The maximum absolute atomic E-state index is 13.2. The standard InChI is InChI=1S/C35H46N5O20P3S/c1-22-19-39(35(42)37-34(22)41)33-18-30(31(58-33)21-57-62(48,49)60-63(50,51)59-61(45,46)47)56-20-23-16-28(54-4)29(17-27(23)40(43)44)55-15-7-5-6-14-36-64(52,53)32-13-9-10-24-25(32)11-8-12-26(24)38(2)3/h8-13,16-17,19,30-31,33,36H,5-7,14-15,18,20-21H2,1-4H3,(H,48,49)(H,50,51)(H,37,41,42)(H2,45,46,47)/t30-,31+,33+/m0/s1. The van der Waals surface area contributed by atoms with Crippen molar-refractivity contribution in [2.45, 2.75) is 62.5 Å². The number of rotatable bonds is 23. The predicted molar refractivity (Wildman–Crippen MR) is 225 cm³/mol. The number of nitrogens with zero attached hydrogens (tertiary/aromatic N) is 3. The molecule has 0 amide bonds. The maximum Gasteiger partial charge on any atom is 0.490 e. The number of H-pyrrole nitrogens is 1. The van der Waals surface area contributed by atoms with Crippen LogP contribution in [0.4, 0.5) is 11.4 Å². The molecule has 1 aromatic heterocycles. The Morgan fingerprint density at radius 2 is 1.69 bits per heavy atom. The number of fused-ring (bicyclic) bond motifs is 1. The van der Waals surface area contributed by atoms with Crippen molar-refractivity contribution in [2.75, 3.05) is 45.9 Å². The van der Waals surface area contributed by atoms with Gasteiger partial charge in [-0.05, 0) is 44.4 Å². The van der Waals surface area contributed by atoms with E-state index in [9.17, 15) is 51.6 Å². The number of aromatic amines is 1. The number of phosphoric acid groups is 3. The number of phosphoric ester groups is 1. The van der Waals surface area contributed by atoms with Crippen molar-refractivity contribution in [1.82, 2.24) is 14.3 Å². The van der Waals surface area contributed by atoms with Gasteiger partial charge in [0.2, 0.25) is 10.0 Å². The summed E-state index contributed by atoms with van der Waals surface area (Å²) in [6.45, 7) is 0.0855. The van der Waals surface area contributed by atoms with Crippen LogP contribution >= 0.6 is 23.5 Å². The van der Waals surface area contributed by atoms with Gasteiger partial charge in [0.1, 0.15) is 12.3 Å². The third kappa shape index (κ3) is 13.4. The van der Waals surface area contributed by atoms with Crippen LogP contribution in [0.1, 0.15) is 43.0 Å². The number of aryl methyl sites for hydroxylation is 1. The van der Waals surface area contributed by atoms with Gasteiger partial charge in [-0.2, -0.15) is 8.62 Å². The summed E-state index contributed by atoms with van der Waals surface area (Å²) in [5.41, 5.74) is -1.14. The summed E-state index contributed by atoms with van der Waals surface area (Å²) >= 11 is 0. The number of hydrogen-bond donors (Lipinski definition) is 6. The Labute approximate surface area is 364 Å². The number of hydrogen-bond acceptors (Lipinski definition) is 17. The molecule has 0 spiro atoms. The Hall–Kier alpha value is -4.36. The fraction of sp³-hybridized carbons (Fsp3) is 0.429. The molecule has 0 bridgehead atoms. The number of ether oxygens (including phenoxy) is 4. The number of methoxy groups -OCH3 is 1. The van der Waals surface area contributed by atoms with Crippen molar-refractivity contribution in [3.63, 3.8) is 0 Å². The molecular formula is C35H46N5O20P3S. The first-order valence-electron chi connectivity index (χ1n) is 18.9. The highest BCUT2D eigenvalue weighted by Crippen LogP contribution is 2.66. The topological polar surface area (TPSA) is 344 Å². The average molecular weight is 982 g/mol. The molecule has 1 aliphatic rings. The number of aromatic nitrogens is 2. The highest BCUT2D eigenvalue weighted by atomic mass is 32.2. The predicted octanol–water partition coefficient (Wildman–Crippen LogP) is 3.72. The van der Waals surface area contributed by atoms with Crippen LogP contribution in [-0.4, -0.2) is 95.6 Å². The molecule has 5 atom stereocenters. The molecule has 1 saturated heterocycles. The third-order valence-electron chi connectivity index (χ3n) is 9.47. The second-order valence-electron chi connectivity index (χ2n) is 14.3. The molecule has 0 radical (unpaired) electrons. The van der Waals surface area contributed by atoms with Crippen LogP contribution in [0.25, 0.3) is 10.8 Å². The van der Waals surface area contributed by atoms with E-state index < -0.39 is 87.0 Å². The molecule has 352 valence electrons. The molecule has 64 heavy (non-hydrogen) atoms. The second-order valence-corrected chi connectivity index (χ2v) is 20.5. The van der Waals surface area contributed by atoms with Gasteiger partial charge in [0, 0.05) is 55.3 Å². The Balaban J connectivity index is 1.22. The molecule has 2 unspecified atom stereocenters. The van der Waals surface area contributed by atoms with Gasteiger partial charge < -0.3 is 43.4 Å². The summed E-state index contributed by atoms with van der Waals surface area (Å²) in [6.07, 6.45) is -1.53. The largest absolute Gasteiger partial charge is 0.493 e. The third-order valence-corrected chi connectivity index (χ3v) is 14.8. The fourth-order valence-electron chi connectivity index (χ4n) is 6.57. The Kier molecular flexibility index (Phi) is 16.5. The highest BCUT2D eigenvalue weighted by Gasteiger charge is 2.44. The first-order chi connectivity index (χ1) is 29.9. The second kappa shape index (κ2) is 20.9. The van der Waals surface area contributed by atoms with E-state index in [1.807, 2.05) is 31.1 Å². The van der Waals surface area contributed by atoms with Crippen molar-refractivity contribution in [3.05, 3.63) is 96.8 Å². The number of nitro benzene ring substituents is 1. The van der Waals surface area contributed by atoms with Gasteiger partial charge in [-0.25, -0.2) is 31.6 Å².